The topological polar surface area (TPSA) is 81.1 Å². The third-order valence-electron chi connectivity index (χ3n) is 3.30. The second-order valence-electron chi connectivity index (χ2n) is 4.88. The van der Waals surface area contributed by atoms with E-state index in [1.54, 1.807) is 20.8 Å². The molecule has 0 aromatic heterocycles. The van der Waals surface area contributed by atoms with Gasteiger partial charge in [0.15, 0.2) is 0 Å². The molecule has 1 aliphatic heterocycles. The van der Waals surface area contributed by atoms with Crippen molar-refractivity contribution in [3.63, 3.8) is 0 Å². The quantitative estimate of drug-likeness (QED) is 0.722. The van der Waals surface area contributed by atoms with Gasteiger partial charge in [-0.25, -0.2) is 10.1 Å². The van der Waals surface area contributed by atoms with Gasteiger partial charge in [0, 0.05) is 0 Å². The van der Waals surface area contributed by atoms with Crippen LogP contribution in [0.4, 0.5) is 0 Å². The normalized spacial score (nSPS) is 27.9. The average Bonchev–Trinajstić information content (AvgIpc) is 2.26. The molecule has 6 nitrogen and oxygen atoms in total. The third-order valence-corrected chi connectivity index (χ3v) is 3.30. The van der Waals surface area contributed by atoms with Crippen molar-refractivity contribution in [3.05, 3.63) is 0 Å². The van der Waals surface area contributed by atoms with Gasteiger partial charge in [0.05, 0.1) is 0 Å². The lowest BCUT2D eigenvalue weighted by atomic mass is 9.92. The molecule has 0 unspecified atom stereocenters. The summed E-state index contributed by atoms with van der Waals surface area (Å²) in [4.78, 5) is 23.8. The van der Waals surface area contributed by atoms with E-state index in [0.717, 1.165) is 0 Å². The Morgan fingerprint density at radius 1 is 1.06 bits per heavy atom. The van der Waals surface area contributed by atoms with Gasteiger partial charge in [-0.05, 0) is 11.8 Å². The van der Waals surface area contributed by atoms with Crippen LogP contribution >= 0.6 is 0 Å². The monoisotopic (exact) mass is 244 g/mol. The van der Waals surface area contributed by atoms with Crippen LogP contribution in [0, 0.1) is 11.8 Å². The summed E-state index contributed by atoms with van der Waals surface area (Å²) < 4.78 is 0. The Bertz CT molecular complexity index is 319. The predicted octanol–water partition coefficient (Wildman–Crippen LogP) is 0.875. The zero-order valence-corrected chi connectivity index (χ0v) is 10.6. The van der Waals surface area contributed by atoms with Crippen molar-refractivity contribution < 1.29 is 20.0 Å². The highest BCUT2D eigenvalue weighted by Crippen LogP contribution is 2.25. The molecule has 17 heavy (non-hydrogen) atoms. The minimum absolute atomic E-state index is 0.209. The summed E-state index contributed by atoms with van der Waals surface area (Å²) in [5.41, 5.74) is 0. The molecule has 0 saturated carbocycles. The molecule has 1 heterocycles. The molecule has 0 aromatic rings. The lowest BCUT2D eigenvalue weighted by Gasteiger charge is -2.42. The Morgan fingerprint density at radius 2 is 1.47 bits per heavy atom. The highest BCUT2D eigenvalue weighted by Gasteiger charge is 2.48. The Kier molecular flexibility index (Phi) is 4.11. The number of hydroxylamine groups is 4. The van der Waals surface area contributed by atoms with E-state index in [1.807, 2.05) is 6.92 Å². The molecular formula is C11H20N2O4. The first-order chi connectivity index (χ1) is 7.82. The molecule has 0 bridgehead atoms. The minimum atomic E-state index is -1.01. The standard InChI is InChI=1S/C11H20N2O4/c1-5-7(4)9-11(15)12(16)8(6(2)3)10(14)13(9)17/h6-9,16-17H,5H2,1-4H3/t7-,8+,9-/m0/s1. The maximum atomic E-state index is 11.9. The van der Waals surface area contributed by atoms with Gasteiger partial charge in [0.2, 0.25) is 0 Å². The number of nitrogens with zero attached hydrogens (tertiary/aromatic N) is 2. The van der Waals surface area contributed by atoms with Crippen molar-refractivity contribution in [2.75, 3.05) is 0 Å². The fraction of sp³-hybridized carbons (Fsp3) is 0.818. The number of piperazine rings is 1. The van der Waals surface area contributed by atoms with Crippen molar-refractivity contribution in [1.82, 2.24) is 10.1 Å². The van der Waals surface area contributed by atoms with Crippen molar-refractivity contribution in [2.45, 2.75) is 46.2 Å². The smallest absolute Gasteiger partial charge is 0.272 e. The largest absolute Gasteiger partial charge is 0.285 e. The molecule has 1 rings (SSSR count). The summed E-state index contributed by atoms with van der Waals surface area (Å²) >= 11 is 0. The van der Waals surface area contributed by atoms with Crippen LogP contribution in [0.3, 0.4) is 0 Å². The van der Waals surface area contributed by atoms with E-state index in [4.69, 9.17) is 0 Å². The highest BCUT2D eigenvalue weighted by molar-refractivity contribution is 5.95. The molecule has 1 aliphatic rings. The van der Waals surface area contributed by atoms with Gasteiger partial charge in [0.1, 0.15) is 12.1 Å². The molecule has 98 valence electrons. The van der Waals surface area contributed by atoms with Gasteiger partial charge in [-0.2, -0.15) is 0 Å². The van der Waals surface area contributed by atoms with Crippen molar-refractivity contribution in [1.29, 1.82) is 0 Å². The summed E-state index contributed by atoms with van der Waals surface area (Å²) in [6.45, 7) is 7.02. The second-order valence-corrected chi connectivity index (χ2v) is 4.88. The van der Waals surface area contributed by atoms with Gasteiger partial charge < -0.3 is 0 Å². The van der Waals surface area contributed by atoms with Crippen molar-refractivity contribution in [3.8, 4) is 0 Å². The van der Waals surface area contributed by atoms with Gasteiger partial charge >= 0.3 is 0 Å². The van der Waals surface area contributed by atoms with Gasteiger partial charge in [-0.3, -0.25) is 20.0 Å². The van der Waals surface area contributed by atoms with E-state index >= 15 is 0 Å². The number of carbonyl (C=O) groups excluding carboxylic acids is 2. The van der Waals surface area contributed by atoms with E-state index in [0.29, 0.717) is 16.5 Å². The summed E-state index contributed by atoms with van der Waals surface area (Å²) in [6.07, 6.45) is 0.626. The molecule has 3 atom stereocenters. The number of amides is 2. The lowest BCUT2D eigenvalue weighted by molar-refractivity contribution is -0.237. The first kappa shape index (κ1) is 13.9. The van der Waals surface area contributed by atoms with Crippen LogP contribution in [-0.2, 0) is 9.59 Å². The number of rotatable bonds is 3. The number of hydrogen-bond donors (Lipinski definition) is 2. The van der Waals surface area contributed by atoms with Crippen LogP contribution in [0.2, 0.25) is 0 Å². The number of carbonyl (C=O) groups is 2. The second kappa shape index (κ2) is 5.01. The number of hydrogen-bond acceptors (Lipinski definition) is 4. The lowest BCUT2D eigenvalue weighted by Crippen LogP contribution is -2.65. The molecule has 0 aromatic carbocycles. The summed E-state index contributed by atoms with van der Waals surface area (Å²) in [5, 5.41) is 20.5. The van der Waals surface area contributed by atoms with Crippen molar-refractivity contribution >= 4 is 11.8 Å². The van der Waals surface area contributed by atoms with E-state index in [-0.39, 0.29) is 11.8 Å². The first-order valence-corrected chi connectivity index (χ1v) is 5.86. The molecular weight excluding hydrogens is 224 g/mol. The van der Waals surface area contributed by atoms with Crippen LogP contribution in [0.15, 0.2) is 0 Å². The highest BCUT2D eigenvalue weighted by atomic mass is 16.5. The predicted molar refractivity (Wildman–Crippen MR) is 59.1 cm³/mol. The van der Waals surface area contributed by atoms with Crippen LogP contribution in [0.5, 0.6) is 0 Å². The molecule has 0 aliphatic carbocycles. The van der Waals surface area contributed by atoms with E-state index in [1.165, 1.54) is 0 Å². The molecule has 1 fully saturated rings. The zero-order valence-electron chi connectivity index (χ0n) is 10.6. The molecule has 6 heteroatoms. The Hall–Kier alpha value is -1.14. The minimum Gasteiger partial charge on any atom is -0.285 e. The maximum Gasteiger partial charge on any atom is 0.272 e. The maximum absolute atomic E-state index is 11.9. The van der Waals surface area contributed by atoms with E-state index < -0.39 is 23.9 Å². The van der Waals surface area contributed by atoms with Crippen LogP contribution in [0.25, 0.3) is 0 Å². The fourth-order valence-electron chi connectivity index (χ4n) is 2.03. The Labute approximate surface area is 101 Å². The van der Waals surface area contributed by atoms with E-state index in [9.17, 15) is 20.0 Å². The van der Waals surface area contributed by atoms with Crippen molar-refractivity contribution in [2.24, 2.45) is 11.8 Å². The first-order valence-electron chi connectivity index (χ1n) is 5.86. The zero-order chi connectivity index (χ0) is 13.3. The van der Waals surface area contributed by atoms with Crippen LogP contribution in [-0.4, -0.2) is 44.4 Å². The van der Waals surface area contributed by atoms with Gasteiger partial charge in [-0.15, -0.1) is 0 Å². The summed E-state index contributed by atoms with van der Waals surface area (Å²) in [6, 6.07) is -2.00. The molecule has 0 radical (unpaired) electrons. The summed E-state index contributed by atoms with van der Waals surface area (Å²) in [7, 11) is 0. The fourth-order valence-corrected chi connectivity index (χ4v) is 2.03. The SMILES string of the molecule is CC[C@H](C)[C@H]1C(=O)N(O)[C@H](C(C)C)C(=O)N1O. The van der Waals surface area contributed by atoms with Gasteiger partial charge in [-0.1, -0.05) is 34.1 Å². The van der Waals surface area contributed by atoms with E-state index in [2.05, 4.69) is 0 Å². The summed E-state index contributed by atoms with van der Waals surface area (Å²) in [5.74, 6) is -1.73. The Balaban J connectivity index is 3.03. The van der Waals surface area contributed by atoms with Crippen LogP contribution in [0.1, 0.15) is 34.1 Å². The molecule has 2 amide bonds. The van der Waals surface area contributed by atoms with Crippen LogP contribution < -0.4 is 0 Å². The molecule has 2 N–H and O–H groups in total. The molecule has 0 spiro atoms. The third kappa shape index (κ3) is 2.28. The average molecular weight is 244 g/mol. The van der Waals surface area contributed by atoms with Gasteiger partial charge in [0.25, 0.3) is 11.8 Å². The molecule has 1 saturated heterocycles. The Morgan fingerprint density at radius 3 is 1.88 bits per heavy atom.